The molecule has 1 nitrogen and oxygen atoms in total. The van der Waals surface area contributed by atoms with Gasteiger partial charge in [0, 0.05) is 5.92 Å². The summed E-state index contributed by atoms with van der Waals surface area (Å²) in [6.45, 7) is 5.80. The number of Topliss-reactive ketones (excluding diaryl/α,β-unsaturated/α-hetero) is 1. The second-order valence-corrected chi connectivity index (χ2v) is 6.42. The molecule has 2 rings (SSSR count). The van der Waals surface area contributed by atoms with Gasteiger partial charge in [-0.2, -0.15) is 0 Å². The lowest BCUT2D eigenvalue weighted by atomic mass is 9.87. The van der Waals surface area contributed by atoms with Crippen LogP contribution in [0.4, 0.5) is 0 Å². The first-order chi connectivity index (χ1) is 7.35. The maximum Gasteiger partial charge on any atom is 0.136 e. The van der Waals surface area contributed by atoms with Crippen LogP contribution in [-0.4, -0.2) is 10.1 Å². The molecule has 3 heteroatoms. The zero-order valence-corrected chi connectivity index (χ0v) is 11.3. The summed E-state index contributed by atoms with van der Waals surface area (Å²) in [5.41, 5.74) is 2.68. The van der Waals surface area contributed by atoms with Gasteiger partial charge in [-0.25, -0.2) is 0 Å². The molecule has 0 aromatic rings. The topological polar surface area (TPSA) is 17.1 Å². The molecule has 2 unspecified atom stereocenters. The molecule has 0 heterocycles. The number of carbonyl (C=O) groups is 1. The maximum absolute atomic E-state index is 11.4. The van der Waals surface area contributed by atoms with Crippen molar-refractivity contribution in [2.45, 2.75) is 31.5 Å². The SMILES string of the molecule is CC(=O)C1[C@H](C2C=CC(C)=C(C)C2)C1(Cl)Cl. The van der Waals surface area contributed by atoms with Gasteiger partial charge >= 0.3 is 0 Å². The standard InChI is InChI=1S/C13H16Cl2O/c1-7-4-5-10(6-8(7)2)12-11(9(3)16)13(12,14)15/h4-5,10-12H,6H2,1-3H3/t10?,11?,12-/m0/s1. The van der Waals surface area contributed by atoms with Gasteiger partial charge in [0.05, 0.1) is 5.92 Å². The number of alkyl halides is 2. The van der Waals surface area contributed by atoms with Gasteiger partial charge in [0.1, 0.15) is 10.1 Å². The molecular formula is C13H16Cl2O. The molecule has 1 saturated carbocycles. The van der Waals surface area contributed by atoms with Crippen LogP contribution in [-0.2, 0) is 4.79 Å². The number of hydrogen-bond donors (Lipinski definition) is 0. The van der Waals surface area contributed by atoms with Crippen LogP contribution in [0.1, 0.15) is 27.2 Å². The van der Waals surface area contributed by atoms with Crippen molar-refractivity contribution in [1.82, 2.24) is 0 Å². The van der Waals surface area contributed by atoms with Crippen LogP contribution < -0.4 is 0 Å². The number of halogens is 2. The van der Waals surface area contributed by atoms with E-state index in [1.807, 2.05) is 0 Å². The summed E-state index contributed by atoms with van der Waals surface area (Å²) in [6.07, 6.45) is 5.23. The molecule has 0 aromatic carbocycles. The molecule has 1 fully saturated rings. The van der Waals surface area contributed by atoms with Crippen LogP contribution >= 0.6 is 23.2 Å². The van der Waals surface area contributed by atoms with Gasteiger partial charge in [0.15, 0.2) is 0 Å². The second kappa shape index (κ2) is 3.89. The van der Waals surface area contributed by atoms with Crippen LogP contribution in [0.15, 0.2) is 23.3 Å². The van der Waals surface area contributed by atoms with Gasteiger partial charge < -0.3 is 0 Å². The summed E-state index contributed by atoms with van der Waals surface area (Å²) < 4.78 is -0.841. The van der Waals surface area contributed by atoms with E-state index in [0.717, 1.165) is 6.42 Å². The minimum Gasteiger partial charge on any atom is -0.300 e. The molecular weight excluding hydrogens is 243 g/mol. The van der Waals surface area contributed by atoms with Crippen LogP contribution in [0.5, 0.6) is 0 Å². The van der Waals surface area contributed by atoms with Crippen molar-refractivity contribution in [1.29, 1.82) is 0 Å². The first kappa shape index (κ1) is 12.2. The molecule has 2 aliphatic carbocycles. The van der Waals surface area contributed by atoms with Gasteiger partial charge in [-0.3, -0.25) is 4.79 Å². The van der Waals surface area contributed by atoms with Gasteiger partial charge in [0.2, 0.25) is 0 Å². The van der Waals surface area contributed by atoms with E-state index in [1.54, 1.807) is 6.92 Å². The second-order valence-electron chi connectivity index (χ2n) is 4.98. The van der Waals surface area contributed by atoms with Crippen molar-refractivity contribution in [3.05, 3.63) is 23.3 Å². The Morgan fingerprint density at radius 3 is 2.50 bits per heavy atom. The molecule has 2 aliphatic rings. The lowest BCUT2D eigenvalue weighted by molar-refractivity contribution is -0.118. The van der Waals surface area contributed by atoms with Crippen LogP contribution in [0.3, 0.4) is 0 Å². The molecule has 16 heavy (non-hydrogen) atoms. The lowest BCUT2D eigenvalue weighted by Crippen LogP contribution is -2.09. The fourth-order valence-electron chi connectivity index (χ4n) is 2.65. The van der Waals surface area contributed by atoms with Gasteiger partial charge in [-0.15, -0.1) is 23.2 Å². The van der Waals surface area contributed by atoms with Crippen molar-refractivity contribution in [3.8, 4) is 0 Å². The molecule has 0 saturated heterocycles. The summed E-state index contributed by atoms with van der Waals surface area (Å²) in [5.74, 6) is 0.323. The number of hydrogen-bond acceptors (Lipinski definition) is 1. The third kappa shape index (κ3) is 1.84. The normalized spacial score (nSPS) is 36.4. The zero-order valence-electron chi connectivity index (χ0n) is 9.76. The first-order valence-electron chi connectivity index (χ1n) is 5.58. The Kier molecular flexibility index (Phi) is 2.96. The van der Waals surface area contributed by atoms with E-state index >= 15 is 0 Å². The van der Waals surface area contributed by atoms with Gasteiger partial charge in [0.25, 0.3) is 0 Å². The van der Waals surface area contributed by atoms with E-state index in [1.165, 1.54) is 11.1 Å². The molecule has 0 radical (unpaired) electrons. The van der Waals surface area contributed by atoms with E-state index in [-0.39, 0.29) is 17.6 Å². The van der Waals surface area contributed by atoms with Crippen LogP contribution in [0.25, 0.3) is 0 Å². The summed E-state index contributed by atoms with van der Waals surface area (Å²) in [5, 5.41) is 0. The largest absolute Gasteiger partial charge is 0.300 e. The van der Waals surface area contributed by atoms with Crippen LogP contribution in [0.2, 0.25) is 0 Å². The van der Waals surface area contributed by atoms with Gasteiger partial charge in [-0.05, 0) is 33.1 Å². The predicted molar refractivity (Wildman–Crippen MR) is 67.7 cm³/mol. The Hall–Kier alpha value is -0.270. The first-order valence-corrected chi connectivity index (χ1v) is 6.34. The average Bonchev–Trinajstić information content (AvgIpc) is 2.74. The fourth-order valence-corrected chi connectivity index (χ4v) is 3.67. The molecule has 0 N–H and O–H groups in total. The molecule has 0 aromatic heterocycles. The fraction of sp³-hybridized carbons (Fsp3) is 0.615. The minimum absolute atomic E-state index is 0.0904. The highest BCUT2D eigenvalue weighted by Gasteiger charge is 2.67. The molecule has 3 atom stereocenters. The van der Waals surface area contributed by atoms with Crippen LogP contribution in [0, 0.1) is 17.8 Å². The highest BCUT2D eigenvalue weighted by molar-refractivity contribution is 6.52. The Morgan fingerprint density at radius 2 is 2.06 bits per heavy atom. The number of rotatable bonds is 2. The third-order valence-electron chi connectivity index (χ3n) is 3.82. The van der Waals surface area contributed by atoms with E-state index in [9.17, 15) is 4.79 Å². The summed E-state index contributed by atoms with van der Waals surface area (Å²) in [6, 6.07) is 0. The van der Waals surface area contributed by atoms with Crippen molar-refractivity contribution in [3.63, 3.8) is 0 Å². The third-order valence-corrected chi connectivity index (χ3v) is 4.79. The van der Waals surface area contributed by atoms with Crippen molar-refractivity contribution in [2.24, 2.45) is 17.8 Å². The number of ketones is 1. The van der Waals surface area contributed by atoms with E-state index in [0.29, 0.717) is 5.92 Å². The summed E-state index contributed by atoms with van der Waals surface area (Å²) >= 11 is 12.4. The Morgan fingerprint density at radius 1 is 1.44 bits per heavy atom. The Balaban J connectivity index is 2.14. The van der Waals surface area contributed by atoms with E-state index in [2.05, 4.69) is 26.0 Å². The van der Waals surface area contributed by atoms with E-state index < -0.39 is 4.33 Å². The zero-order chi connectivity index (χ0) is 12.1. The molecule has 0 bridgehead atoms. The molecule has 88 valence electrons. The minimum atomic E-state index is -0.841. The van der Waals surface area contributed by atoms with Crippen molar-refractivity contribution >= 4 is 29.0 Å². The van der Waals surface area contributed by atoms with Crippen molar-refractivity contribution < 1.29 is 4.79 Å². The predicted octanol–water partition coefficient (Wildman–Crippen LogP) is 3.91. The maximum atomic E-state index is 11.4. The van der Waals surface area contributed by atoms with E-state index in [4.69, 9.17) is 23.2 Å². The Bertz CT molecular complexity index is 393. The lowest BCUT2D eigenvalue weighted by Gasteiger charge is -2.19. The monoisotopic (exact) mass is 258 g/mol. The quantitative estimate of drug-likeness (QED) is 0.687. The summed E-state index contributed by atoms with van der Waals surface area (Å²) in [4.78, 5) is 11.4. The smallest absolute Gasteiger partial charge is 0.136 e. The molecule has 0 amide bonds. The Labute approximate surface area is 106 Å². The molecule has 0 aliphatic heterocycles. The van der Waals surface area contributed by atoms with Gasteiger partial charge in [-0.1, -0.05) is 23.3 Å². The average molecular weight is 259 g/mol. The summed E-state index contributed by atoms with van der Waals surface area (Å²) in [7, 11) is 0. The molecule has 0 spiro atoms. The number of allylic oxidation sites excluding steroid dienone is 4. The number of carbonyl (C=O) groups excluding carboxylic acids is 1. The highest BCUT2D eigenvalue weighted by atomic mass is 35.5. The highest BCUT2D eigenvalue weighted by Crippen LogP contribution is 2.64. The van der Waals surface area contributed by atoms with Crippen molar-refractivity contribution in [2.75, 3.05) is 0 Å².